The molecule has 0 spiro atoms. The van der Waals surface area contributed by atoms with Crippen LogP contribution in [-0.4, -0.2) is 19.0 Å². The van der Waals surface area contributed by atoms with E-state index >= 15 is 0 Å². The number of nitrogens with one attached hydrogen (secondary N) is 1. The first-order chi connectivity index (χ1) is 10.0. The van der Waals surface area contributed by atoms with Crippen LogP contribution in [0.1, 0.15) is 51.6 Å². The molecule has 0 saturated heterocycles. The predicted octanol–water partition coefficient (Wildman–Crippen LogP) is 3.51. The molecule has 3 heteroatoms. The summed E-state index contributed by atoms with van der Waals surface area (Å²) in [5, 5.41) is 3.56. The largest absolute Gasteiger partial charge is 0.312 e. The third kappa shape index (κ3) is 2.71. The molecule has 3 nitrogen and oxygen atoms in total. The number of nitrogens with zero attached hydrogens (tertiary/aromatic N) is 1. The molecule has 21 heavy (non-hydrogen) atoms. The highest BCUT2D eigenvalue weighted by molar-refractivity contribution is 5.98. The summed E-state index contributed by atoms with van der Waals surface area (Å²) in [6.45, 7) is 8.34. The van der Waals surface area contributed by atoms with Crippen LogP contribution >= 0.6 is 0 Å². The maximum absolute atomic E-state index is 12.9. The van der Waals surface area contributed by atoms with Gasteiger partial charge >= 0.3 is 0 Å². The van der Waals surface area contributed by atoms with Crippen molar-refractivity contribution in [1.29, 1.82) is 0 Å². The molecule has 0 radical (unpaired) electrons. The molecule has 0 aromatic heterocycles. The zero-order valence-electron chi connectivity index (χ0n) is 13.4. The Labute approximate surface area is 127 Å². The van der Waals surface area contributed by atoms with E-state index in [0.717, 1.165) is 38.0 Å². The molecule has 2 atom stereocenters. The van der Waals surface area contributed by atoms with E-state index in [1.165, 1.54) is 5.56 Å². The lowest BCUT2D eigenvalue weighted by atomic mass is 10.0. The average molecular weight is 286 g/mol. The molecule has 114 valence electrons. The summed E-state index contributed by atoms with van der Waals surface area (Å²) in [6.07, 6.45) is 3.19. The Balaban J connectivity index is 1.91. The molecule has 0 bridgehead atoms. The Bertz CT molecular complexity index is 538. The van der Waals surface area contributed by atoms with Crippen LogP contribution in [0.15, 0.2) is 24.3 Å². The molecule has 2 aliphatic rings. The minimum atomic E-state index is 0.194. The minimum absolute atomic E-state index is 0.194. The Morgan fingerprint density at radius 1 is 1.38 bits per heavy atom. The second kappa shape index (κ2) is 5.45. The Morgan fingerprint density at radius 3 is 2.76 bits per heavy atom. The van der Waals surface area contributed by atoms with Gasteiger partial charge in [-0.1, -0.05) is 39.0 Å². The van der Waals surface area contributed by atoms with Gasteiger partial charge in [0.2, 0.25) is 5.91 Å². The summed E-state index contributed by atoms with van der Waals surface area (Å²) in [7, 11) is 0. The summed E-state index contributed by atoms with van der Waals surface area (Å²) in [4.78, 5) is 14.9. The van der Waals surface area contributed by atoms with Gasteiger partial charge in [0.1, 0.15) is 0 Å². The van der Waals surface area contributed by atoms with Gasteiger partial charge in [-0.05, 0) is 42.9 Å². The summed E-state index contributed by atoms with van der Waals surface area (Å²) in [5.41, 5.74) is 2.59. The molecule has 1 N–H and O–H groups in total. The zero-order valence-corrected chi connectivity index (χ0v) is 13.4. The van der Waals surface area contributed by atoms with Gasteiger partial charge in [-0.3, -0.25) is 4.79 Å². The van der Waals surface area contributed by atoms with Crippen LogP contribution in [0.25, 0.3) is 0 Å². The van der Waals surface area contributed by atoms with Crippen molar-refractivity contribution >= 4 is 11.6 Å². The van der Waals surface area contributed by atoms with E-state index in [1.54, 1.807) is 0 Å². The van der Waals surface area contributed by atoms with E-state index in [-0.39, 0.29) is 11.3 Å². The fraction of sp³-hybridized carbons (Fsp3) is 0.611. The number of carbonyl (C=O) groups is 1. The van der Waals surface area contributed by atoms with E-state index in [4.69, 9.17) is 0 Å². The molecule has 1 saturated carbocycles. The number of rotatable bonds is 3. The quantitative estimate of drug-likeness (QED) is 0.922. The average Bonchev–Trinajstić information content (AvgIpc) is 3.14. The van der Waals surface area contributed by atoms with E-state index in [9.17, 15) is 4.79 Å². The SMILES string of the molecule is CCNC1CCCN(C(=O)C2CC2(C)C)c2ccccc21. The molecule has 1 aliphatic carbocycles. The first-order valence-electron chi connectivity index (χ1n) is 8.18. The summed E-state index contributed by atoms with van der Waals surface area (Å²) < 4.78 is 0. The smallest absolute Gasteiger partial charge is 0.230 e. The lowest BCUT2D eigenvalue weighted by Crippen LogP contribution is -2.34. The molecular formula is C18H26N2O. The number of anilines is 1. The molecule has 1 aliphatic heterocycles. The van der Waals surface area contributed by atoms with Crippen molar-refractivity contribution in [3.05, 3.63) is 29.8 Å². The second-order valence-corrected chi connectivity index (χ2v) is 7.05. The van der Waals surface area contributed by atoms with Crippen molar-refractivity contribution in [2.24, 2.45) is 11.3 Å². The molecule has 1 fully saturated rings. The van der Waals surface area contributed by atoms with Crippen LogP contribution in [0, 0.1) is 11.3 Å². The van der Waals surface area contributed by atoms with Gasteiger partial charge in [-0.15, -0.1) is 0 Å². The van der Waals surface area contributed by atoms with Gasteiger partial charge in [-0.2, -0.15) is 0 Å². The van der Waals surface area contributed by atoms with Gasteiger partial charge in [0.05, 0.1) is 0 Å². The maximum atomic E-state index is 12.9. The number of hydrogen-bond donors (Lipinski definition) is 1. The molecular weight excluding hydrogens is 260 g/mol. The van der Waals surface area contributed by atoms with Crippen LogP contribution in [-0.2, 0) is 4.79 Å². The van der Waals surface area contributed by atoms with Gasteiger partial charge in [0.15, 0.2) is 0 Å². The first kappa shape index (κ1) is 14.6. The van der Waals surface area contributed by atoms with Gasteiger partial charge < -0.3 is 10.2 Å². The second-order valence-electron chi connectivity index (χ2n) is 7.05. The van der Waals surface area contributed by atoms with Crippen molar-refractivity contribution < 1.29 is 4.79 Å². The number of fused-ring (bicyclic) bond motifs is 1. The van der Waals surface area contributed by atoms with Crippen LogP contribution in [0.2, 0.25) is 0 Å². The lowest BCUT2D eigenvalue weighted by molar-refractivity contribution is -0.120. The van der Waals surface area contributed by atoms with Crippen molar-refractivity contribution in [2.45, 2.75) is 46.1 Å². The maximum Gasteiger partial charge on any atom is 0.230 e. The number of carbonyl (C=O) groups excluding carboxylic acids is 1. The topological polar surface area (TPSA) is 32.3 Å². The van der Waals surface area contributed by atoms with Crippen LogP contribution < -0.4 is 10.2 Å². The molecule has 1 aromatic rings. The molecule has 1 amide bonds. The summed E-state index contributed by atoms with van der Waals surface area (Å²) >= 11 is 0. The summed E-state index contributed by atoms with van der Waals surface area (Å²) in [5.74, 6) is 0.533. The highest BCUT2D eigenvalue weighted by Gasteiger charge is 2.52. The van der Waals surface area contributed by atoms with Crippen LogP contribution in [0.5, 0.6) is 0 Å². The monoisotopic (exact) mass is 286 g/mol. The molecule has 2 unspecified atom stereocenters. The van der Waals surface area contributed by atoms with Crippen molar-refractivity contribution in [1.82, 2.24) is 5.32 Å². The number of para-hydroxylation sites is 1. The normalized spacial score (nSPS) is 26.9. The zero-order chi connectivity index (χ0) is 15.0. The van der Waals surface area contributed by atoms with Gasteiger partial charge in [0.25, 0.3) is 0 Å². The Kier molecular flexibility index (Phi) is 3.78. The van der Waals surface area contributed by atoms with E-state index in [0.29, 0.717) is 11.9 Å². The molecule has 1 heterocycles. The van der Waals surface area contributed by atoms with Crippen molar-refractivity contribution in [2.75, 3.05) is 18.0 Å². The third-order valence-corrected chi connectivity index (χ3v) is 5.01. The molecule has 3 rings (SSSR count). The number of benzene rings is 1. The highest BCUT2D eigenvalue weighted by atomic mass is 16.2. The van der Waals surface area contributed by atoms with Gasteiger partial charge in [0, 0.05) is 24.2 Å². The highest BCUT2D eigenvalue weighted by Crippen LogP contribution is 2.53. The van der Waals surface area contributed by atoms with Crippen LogP contribution in [0.4, 0.5) is 5.69 Å². The fourth-order valence-electron chi connectivity index (χ4n) is 3.52. The Morgan fingerprint density at radius 2 is 2.10 bits per heavy atom. The Hall–Kier alpha value is -1.35. The standard InChI is InChI=1S/C18H26N2O/c1-4-19-15-9-7-11-20(16-10-6-5-8-13(15)16)17(21)14-12-18(14,2)3/h5-6,8,10,14-15,19H,4,7,9,11-12H2,1-3H3. The molecule has 1 aromatic carbocycles. The van der Waals surface area contributed by atoms with E-state index in [2.05, 4.69) is 44.3 Å². The lowest BCUT2D eigenvalue weighted by Gasteiger charge is -2.25. The van der Waals surface area contributed by atoms with E-state index in [1.807, 2.05) is 11.0 Å². The van der Waals surface area contributed by atoms with E-state index < -0.39 is 0 Å². The van der Waals surface area contributed by atoms with Crippen molar-refractivity contribution in [3.63, 3.8) is 0 Å². The fourth-order valence-corrected chi connectivity index (χ4v) is 3.52. The van der Waals surface area contributed by atoms with Gasteiger partial charge in [-0.25, -0.2) is 0 Å². The number of hydrogen-bond acceptors (Lipinski definition) is 2. The van der Waals surface area contributed by atoms with Crippen LogP contribution in [0.3, 0.4) is 0 Å². The predicted molar refractivity (Wildman–Crippen MR) is 86.3 cm³/mol. The summed E-state index contributed by atoms with van der Waals surface area (Å²) in [6, 6.07) is 8.78. The third-order valence-electron chi connectivity index (χ3n) is 5.01. The first-order valence-corrected chi connectivity index (χ1v) is 8.18. The number of amides is 1. The minimum Gasteiger partial charge on any atom is -0.312 e. The van der Waals surface area contributed by atoms with Crippen molar-refractivity contribution in [3.8, 4) is 0 Å².